The van der Waals surface area contributed by atoms with Crippen molar-refractivity contribution in [1.29, 1.82) is 0 Å². The SMILES string of the molecule is Cc1cc2oc(=O)cc(CSc3ccc(C(F)(F)F)cn3)c2cc1Cl. The van der Waals surface area contributed by atoms with Crippen molar-refractivity contribution in [3.05, 3.63) is 68.7 Å². The molecule has 1 aromatic carbocycles. The molecule has 0 N–H and O–H groups in total. The second-order valence-corrected chi connectivity index (χ2v) is 6.76. The molecule has 0 spiro atoms. The van der Waals surface area contributed by atoms with Gasteiger partial charge in [0.05, 0.1) is 10.6 Å². The third kappa shape index (κ3) is 3.99. The van der Waals surface area contributed by atoms with E-state index in [2.05, 4.69) is 4.98 Å². The Bertz CT molecular complexity index is 984. The van der Waals surface area contributed by atoms with Gasteiger partial charge in [0.25, 0.3) is 0 Å². The molecule has 0 fully saturated rings. The number of benzene rings is 1. The highest BCUT2D eigenvalue weighted by Crippen LogP contribution is 2.31. The fourth-order valence-electron chi connectivity index (χ4n) is 2.25. The molecule has 2 heterocycles. The molecule has 0 unspecified atom stereocenters. The molecule has 25 heavy (non-hydrogen) atoms. The largest absolute Gasteiger partial charge is 0.423 e. The monoisotopic (exact) mass is 385 g/mol. The molecular formula is C17H11ClF3NO2S. The van der Waals surface area contributed by atoms with Gasteiger partial charge in [-0.3, -0.25) is 0 Å². The van der Waals surface area contributed by atoms with Crippen molar-refractivity contribution in [2.75, 3.05) is 0 Å². The van der Waals surface area contributed by atoms with E-state index < -0.39 is 17.4 Å². The first-order valence-corrected chi connectivity index (χ1v) is 8.49. The lowest BCUT2D eigenvalue weighted by Crippen LogP contribution is -2.05. The third-order valence-corrected chi connectivity index (χ3v) is 4.95. The molecule has 0 atom stereocenters. The van der Waals surface area contributed by atoms with Crippen LogP contribution >= 0.6 is 23.4 Å². The average Bonchev–Trinajstić information content (AvgIpc) is 2.54. The Morgan fingerprint density at radius 3 is 2.64 bits per heavy atom. The molecule has 130 valence electrons. The van der Waals surface area contributed by atoms with Crippen molar-refractivity contribution >= 4 is 34.3 Å². The summed E-state index contributed by atoms with van der Waals surface area (Å²) >= 11 is 7.36. The van der Waals surface area contributed by atoms with Crippen LogP contribution in [0.3, 0.4) is 0 Å². The number of thioether (sulfide) groups is 1. The Hall–Kier alpha value is -1.99. The van der Waals surface area contributed by atoms with Crippen LogP contribution < -0.4 is 5.63 Å². The van der Waals surface area contributed by atoms with Crippen LogP contribution in [0.4, 0.5) is 13.2 Å². The number of hydrogen-bond donors (Lipinski definition) is 0. The van der Waals surface area contributed by atoms with Crippen molar-refractivity contribution in [3.8, 4) is 0 Å². The maximum absolute atomic E-state index is 12.6. The Labute approximate surface area is 149 Å². The summed E-state index contributed by atoms with van der Waals surface area (Å²) in [4.78, 5) is 15.5. The first-order valence-electron chi connectivity index (χ1n) is 7.13. The van der Waals surface area contributed by atoms with Crippen LogP contribution in [0.15, 0.2) is 50.8 Å². The molecule has 0 bridgehead atoms. The predicted octanol–water partition coefficient (Wildman–Crippen LogP) is 5.46. The molecule has 3 nitrogen and oxygen atoms in total. The zero-order chi connectivity index (χ0) is 18.2. The van der Waals surface area contributed by atoms with Crippen LogP contribution in [0.2, 0.25) is 5.02 Å². The number of alkyl halides is 3. The van der Waals surface area contributed by atoms with Gasteiger partial charge in [0.1, 0.15) is 5.58 Å². The van der Waals surface area contributed by atoms with Gasteiger partial charge in [0.15, 0.2) is 0 Å². The summed E-state index contributed by atoms with van der Waals surface area (Å²) in [5.74, 6) is 0.347. The summed E-state index contributed by atoms with van der Waals surface area (Å²) in [6, 6.07) is 7.03. The lowest BCUT2D eigenvalue weighted by molar-refractivity contribution is -0.137. The topological polar surface area (TPSA) is 43.1 Å². The maximum Gasteiger partial charge on any atom is 0.417 e. The normalized spacial score (nSPS) is 11.9. The van der Waals surface area contributed by atoms with E-state index in [9.17, 15) is 18.0 Å². The zero-order valence-electron chi connectivity index (χ0n) is 12.9. The average molecular weight is 386 g/mol. The van der Waals surface area contributed by atoms with Crippen molar-refractivity contribution < 1.29 is 17.6 Å². The number of fused-ring (bicyclic) bond motifs is 1. The van der Waals surface area contributed by atoms with Gasteiger partial charge in [-0.1, -0.05) is 11.6 Å². The molecule has 3 rings (SSSR count). The Kier molecular flexibility index (Phi) is 4.79. The van der Waals surface area contributed by atoms with Crippen LogP contribution in [0.5, 0.6) is 0 Å². The maximum atomic E-state index is 12.6. The summed E-state index contributed by atoms with van der Waals surface area (Å²) in [5, 5.41) is 1.66. The molecule has 8 heteroatoms. The molecule has 2 aromatic heterocycles. The van der Waals surface area contributed by atoms with E-state index in [1.165, 1.54) is 23.9 Å². The highest BCUT2D eigenvalue weighted by Gasteiger charge is 2.30. The predicted molar refractivity (Wildman–Crippen MR) is 91.0 cm³/mol. The highest BCUT2D eigenvalue weighted by atomic mass is 35.5. The number of halogens is 4. The number of aromatic nitrogens is 1. The molecule has 0 aliphatic rings. The van der Waals surface area contributed by atoms with E-state index in [1.54, 1.807) is 19.1 Å². The van der Waals surface area contributed by atoms with Crippen molar-refractivity contribution in [2.45, 2.75) is 23.9 Å². The van der Waals surface area contributed by atoms with E-state index in [1.807, 2.05) is 0 Å². The minimum Gasteiger partial charge on any atom is -0.423 e. The Morgan fingerprint density at radius 2 is 2.00 bits per heavy atom. The molecule has 0 saturated carbocycles. The quantitative estimate of drug-likeness (QED) is 0.443. The summed E-state index contributed by atoms with van der Waals surface area (Å²) in [7, 11) is 0. The number of rotatable bonds is 3. The van der Waals surface area contributed by atoms with E-state index in [0.717, 1.165) is 17.8 Å². The van der Waals surface area contributed by atoms with E-state index >= 15 is 0 Å². The van der Waals surface area contributed by atoms with Crippen molar-refractivity contribution in [1.82, 2.24) is 4.98 Å². The first-order chi connectivity index (χ1) is 11.7. The smallest absolute Gasteiger partial charge is 0.417 e. The minimum absolute atomic E-state index is 0.347. The second-order valence-electron chi connectivity index (χ2n) is 5.36. The van der Waals surface area contributed by atoms with Gasteiger partial charge >= 0.3 is 11.8 Å². The van der Waals surface area contributed by atoms with Gasteiger partial charge in [-0.05, 0) is 42.3 Å². The van der Waals surface area contributed by atoms with E-state index in [-0.39, 0.29) is 0 Å². The van der Waals surface area contributed by atoms with Gasteiger partial charge < -0.3 is 4.42 Å². The van der Waals surface area contributed by atoms with Crippen LogP contribution in [0.1, 0.15) is 16.7 Å². The first kappa shape index (κ1) is 17.8. The van der Waals surface area contributed by atoms with E-state index in [0.29, 0.717) is 32.3 Å². The fraction of sp³-hybridized carbons (Fsp3) is 0.176. The summed E-state index contributed by atoms with van der Waals surface area (Å²) in [5.41, 5.74) is 0.590. The number of pyridine rings is 1. The van der Waals surface area contributed by atoms with Gasteiger partial charge in [-0.15, -0.1) is 11.8 Å². The number of hydrogen-bond acceptors (Lipinski definition) is 4. The lowest BCUT2D eigenvalue weighted by Gasteiger charge is -2.08. The lowest BCUT2D eigenvalue weighted by atomic mass is 10.1. The third-order valence-electron chi connectivity index (χ3n) is 3.55. The molecule has 0 amide bonds. The van der Waals surface area contributed by atoms with Crippen LogP contribution in [0.25, 0.3) is 11.0 Å². The summed E-state index contributed by atoms with van der Waals surface area (Å²) in [6.45, 7) is 1.80. The molecule has 0 aliphatic carbocycles. The Balaban J connectivity index is 1.88. The second kappa shape index (κ2) is 6.72. The fourth-order valence-corrected chi connectivity index (χ4v) is 3.25. The molecule has 0 aliphatic heterocycles. The molecule has 0 saturated heterocycles. The van der Waals surface area contributed by atoms with Gasteiger partial charge in [-0.2, -0.15) is 13.2 Å². The van der Waals surface area contributed by atoms with Crippen LogP contribution in [-0.4, -0.2) is 4.98 Å². The number of nitrogens with zero attached hydrogens (tertiary/aromatic N) is 1. The van der Waals surface area contributed by atoms with Gasteiger partial charge in [0.2, 0.25) is 0 Å². The van der Waals surface area contributed by atoms with Crippen molar-refractivity contribution in [3.63, 3.8) is 0 Å². The minimum atomic E-state index is -4.42. The van der Waals surface area contributed by atoms with Crippen molar-refractivity contribution in [2.24, 2.45) is 0 Å². The van der Waals surface area contributed by atoms with Crippen LogP contribution in [0, 0.1) is 6.92 Å². The summed E-state index contributed by atoms with van der Waals surface area (Å²) < 4.78 is 42.8. The molecule has 0 radical (unpaired) electrons. The highest BCUT2D eigenvalue weighted by molar-refractivity contribution is 7.98. The standard InChI is InChI=1S/C17H11ClF3NO2S/c1-9-4-14-12(6-13(9)18)10(5-16(23)24-14)8-25-15-3-2-11(7-22-15)17(19,20)21/h2-7H,8H2,1H3. The number of aryl methyl sites for hydroxylation is 1. The van der Waals surface area contributed by atoms with Gasteiger partial charge in [-0.25, -0.2) is 9.78 Å². The van der Waals surface area contributed by atoms with Gasteiger partial charge in [0, 0.05) is 28.4 Å². The Morgan fingerprint density at radius 1 is 1.24 bits per heavy atom. The zero-order valence-corrected chi connectivity index (χ0v) is 14.4. The van der Waals surface area contributed by atoms with Crippen LogP contribution in [-0.2, 0) is 11.9 Å². The van der Waals surface area contributed by atoms with E-state index in [4.69, 9.17) is 16.0 Å². The molecular weight excluding hydrogens is 375 g/mol. The summed E-state index contributed by atoms with van der Waals surface area (Å²) in [6.07, 6.45) is -3.63. The molecule has 3 aromatic rings.